The largest absolute Gasteiger partial charge is 0.465 e. The molecule has 0 heterocycles. The first-order valence-corrected chi connectivity index (χ1v) is 30.7. The smallest absolute Gasteiger partial charge is 0.305 e. The highest BCUT2D eigenvalue weighted by atomic mass is 16.5. The molecular formula is C61H121N3O5. The minimum atomic E-state index is -0.0139. The summed E-state index contributed by atoms with van der Waals surface area (Å²) < 4.78 is 11.8. The van der Waals surface area contributed by atoms with Crippen LogP contribution < -0.4 is 0 Å². The molecule has 0 N–H and O–H groups in total. The first kappa shape index (κ1) is 67.3. The summed E-state index contributed by atoms with van der Waals surface area (Å²) in [5.41, 5.74) is 0. The van der Waals surface area contributed by atoms with Crippen molar-refractivity contribution in [2.75, 3.05) is 66.6 Å². The van der Waals surface area contributed by atoms with Crippen LogP contribution in [0.3, 0.4) is 0 Å². The van der Waals surface area contributed by atoms with E-state index in [4.69, 9.17) is 9.47 Å². The molecule has 0 rings (SSSR count). The molecule has 0 saturated heterocycles. The average Bonchev–Trinajstić information content (AvgIpc) is 3.34. The van der Waals surface area contributed by atoms with Gasteiger partial charge in [-0.05, 0) is 109 Å². The second-order valence-corrected chi connectivity index (χ2v) is 21.7. The topological polar surface area (TPSA) is 79.4 Å². The molecule has 0 spiro atoms. The van der Waals surface area contributed by atoms with Crippen LogP contribution in [0.1, 0.15) is 298 Å². The molecule has 0 aromatic carbocycles. The third kappa shape index (κ3) is 47.1. The van der Waals surface area contributed by atoms with Crippen molar-refractivity contribution in [2.24, 2.45) is 11.8 Å². The van der Waals surface area contributed by atoms with Gasteiger partial charge in [-0.1, -0.05) is 208 Å². The van der Waals surface area contributed by atoms with E-state index in [-0.39, 0.29) is 17.8 Å². The van der Waals surface area contributed by atoms with E-state index in [1.165, 1.54) is 186 Å². The van der Waals surface area contributed by atoms with Crippen molar-refractivity contribution in [3.63, 3.8) is 0 Å². The predicted octanol–water partition coefficient (Wildman–Crippen LogP) is 17.1. The minimum absolute atomic E-state index is 0.0139. The molecule has 0 saturated carbocycles. The number of nitrogens with zero attached hydrogens (tertiary/aromatic N) is 3. The van der Waals surface area contributed by atoms with Crippen LogP contribution >= 0.6 is 0 Å². The molecule has 0 radical (unpaired) electrons. The van der Waals surface area contributed by atoms with E-state index in [2.05, 4.69) is 51.5 Å². The van der Waals surface area contributed by atoms with Gasteiger partial charge < -0.3 is 24.2 Å². The second kappa shape index (κ2) is 52.6. The highest BCUT2D eigenvalue weighted by Gasteiger charge is 2.15. The molecule has 1 amide bonds. The third-order valence-corrected chi connectivity index (χ3v) is 14.8. The maximum atomic E-state index is 12.9. The SMILES string of the molecule is CCCCCCCCC(CCCCCC)COC(=O)CCCCCN(CCCCCC(=O)OCC(CCCCCC)CCCCCCCC)CCN(C)CCCCC(=O)N(C)CCCCCCCC. The van der Waals surface area contributed by atoms with E-state index in [1.807, 2.05) is 11.9 Å². The number of carbonyl (C=O) groups is 3. The van der Waals surface area contributed by atoms with Crippen LogP contribution in [0.25, 0.3) is 0 Å². The summed E-state index contributed by atoms with van der Waals surface area (Å²) in [5, 5.41) is 0. The molecule has 0 bridgehead atoms. The van der Waals surface area contributed by atoms with Crippen LogP contribution in [0.15, 0.2) is 0 Å². The standard InChI is InChI=1S/C61H121N3O5/c1-8-13-18-23-26-33-44-57(42-31-21-16-11-4)55-68-60(66)47-35-29-39-51-64(54-53-62(6)49-41-37-46-59(65)63(7)50-38-28-25-20-15-10-3)52-40-30-36-48-61(67)69-56-58(43-32-22-17-12-5)45-34-27-24-19-14-9-2/h57-58H,8-56H2,1-7H3. The quantitative estimate of drug-likeness (QED) is 0.0444. The highest BCUT2D eigenvalue weighted by Crippen LogP contribution is 2.22. The first-order valence-electron chi connectivity index (χ1n) is 30.7. The van der Waals surface area contributed by atoms with Crippen LogP contribution in [0.5, 0.6) is 0 Å². The van der Waals surface area contributed by atoms with Crippen molar-refractivity contribution in [2.45, 2.75) is 298 Å². The Kier molecular flexibility index (Phi) is 51.4. The summed E-state index contributed by atoms with van der Waals surface area (Å²) in [5.74, 6) is 1.28. The first-order chi connectivity index (χ1) is 33.7. The van der Waals surface area contributed by atoms with Crippen LogP contribution in [0.2, 0.25) is 0 Å². The van der Waals surface area contributed by atoms with Gasteiger partial charge in [0.2, 0.25) is 5.91 Å². The summed E-state index contributed by atoms with van der Waals surface area (Å²) in [6, 6.07) is 0. The zero-order valence-corrected chi connectivity index (χ0v) is 47.7. The van der Waals surface area contributed by atoms with Crippen molar-refractivity contribution < 1.29 is 23.9 Å². The number of rotatable bonds is 55. The number of likely N-dealkylation sites (N-methyl/N-ethyl adjacent to an activating group) is 1. The summed E-state index contributed by atoms with van der Waals surface area (Å²) in [6.45, 7) is 18.5. The molecule has 8 nitrogen and oxygen atoms in total. The van der Waals surface area contributed by atoms with E-state index in [0.717, 1.165) is 97.1 Å². The van der Waals surface area contributed by atoms with E-state index >= 15 is 0 Å². The monoisotopic (exact) mass is 976 g/mol. The summed E-state index contributed by atoms with van der Waals surface area (Å²) in [7, 11) is 4.19. The van der Waals surface area contributed by atoms with Crippen LogP contribution in [0.4, 0.5) is 0 Å². The zero-order valence-electron chi connectivity index (χ0n) is 47.7. The van der Waals surface area contributed by atoms with Gasteiger partial charge >= 0.3 is 11.9 Å². The number of ether oxygens (including phenoxy) is 2. The van der Waals surface area contributed by atoms with Crippen molar-refractivity contribution >= 4 is 17.8 Å². The van der Waals surface area contributed by atoms with Gasteiger partial charge in [-0.15, -0.1) is 0 Å². The lowest BCUT2D eigenvalue weighted by molar-refractivity contribution is -0.146. The van der Waals surface area contributed by atoms with Crippen molar-refractivity contribution in [1.29, 1.82) is 0 Å². The lowest BCUT2D eigenvalue weighted by Crippen LogP contribution is -2.35. The molecule has 0 fully saturated rings. The zero-order chi connectivity index (χ0) is 50.7. The molecule has 2 atom stereocenters. The molecule has 0 aromatic heterocycles. The average molecular weight is 977 g/mol. The van der Waals surface area contributed by atoms with Gasteiger partial charge in [-0.25, -0.2) is 0 Å². The van der Waals surface area contributed by atoms with Gasteiger partial charge in [-0.2, -0.15) is 0 Å². The van der Waals surface area contributed by atoms with Crippen molar-refractivity contribution in [3.05, 3.63) is 0 Å². The summed E-state index contributed by atoms with van der Waals surface area (Å²) in [4.78, 5) is 45.5. The fraction of sp³-hybridized carbons (Fsp3) is 0.951. The Balaban J connectivity index is 4.96. The molecule has 0 aliphatic heterocycles. The molecule has 0 aliphatic rings. The number of unbranched alkanes of at least 4 members (excludes halogenated alkanes) is 26. The Morgan fingerprint density at radius 1 is 0.333 bits per heavy atom. The highest BCUT2D eigenvalue weighted by molar-refractivity contribution is 5.75. The van der Waals surface area contributed by atoms with E-state index in [0.29, 0.717) is 44.3 Å². The molecule has 0 aromatic rings. The number of amides is 1. The molecular weight excluding hydrogens is 855 g/mol. The summed E-state index contributed by atoms with van der Waals surface area (Å²) >= 11 is 0. The maximum Gasteiger partial charge on any atom is 0.305 e. The van der Waals surface area contributed by atoms with Gasteiger partial charge in [0.1, 0.15) is 0 Å². The van der Waals surface area contributed by atoms with E-state index in [1.54, 1.807) is 0 Å². The molecule has 410 valence electrons. The van der Waals surface area contributed by atoms with E-state index in [9.17, 15) is 14.4 Å². The van der Waals surface area contributed by atoms with Gasteiger partial charge in [0.25, 0.3) is 0 Å². The van der Waals surface area contributed by atoms with E-state index < -0.39 is 0 Å². The van der Waals surface area contributed by atoms with Crippen LogP contribution in [-0.4, -0.2) is 99.1 Å². The normalized spacial score (nSPS) is 12.5. The molecule has 69 heavy (non-hydrogen) atoms. The minimum Gasteiger partial charge on any atom is -0.465 e. The Bertz CT molecular complexity index is 1050. The second-order valence-electron chi connectivity index (χ2n) is 21.7. The lowest BCUT2D eigenvalue weighted by atomic mass is 9.95. The van der Waals surface area contributed by atoms with Gasteiger partial charge in [0.15, 0.2) is 0 Å². The fourth-order valence-electron chi connectivity index (χ4n) is 9.76. The third-order valence-electron chi connectivity index (χ3n) is 14.8. The Hall–Kier alpha value is -1.67. The molecule has 0 aliphatic carbocycles. The van der Waals surface area contributed by atoms with Gasteiger partial charge in [0, 0.05) is 45.9 Å². The van der Waals surface area contributed by atoms with Crippen LogP contribution in [0, 0.1) is 11.8 Å². The number of hydrogen-bond donors (Lipinski definition) is 0. The lowest BCUT2D eigenvalue weighted by Gasteiger charge is -2.26. The number of hydrogen-bond acceptors (Lipinski definition) is 7. The van der Waals surface area contributed by atoms with Crippen LogP contribution in [-0.2, 0) is 23.9 Å². The van der Waals surface area contributed by atoms with Crippen molar-refractivity contribution in [1.82, 2.24) is 14.7 Å². The predicted molar refractivity (Wildman–Crippen MR) is 298 cm³/mol. The molecule has 8 heteroatoms. The molecule has 2 unspecified atom stereocenters. The fourth-order valence-corrected chi connectivity index (χ4v) is 9.76. The van der Waals surface area contributed by atoms with Gasteiger partial charge in [-0.3, -0.25) is 14.4 Å². The Labute approximate surface area is 431 Å². The number of esters is 2. The Morgan fingerprint density at radius 2 is 0.652 bits per heavy atom. The van der Waals surface area contributed by atoms with Crippen molar-refractivity contribution in [3.8, 4) is 0 Å². The number of carbonyl (C=O) groups excluding carboxylic acids is 3. The Morgan fingerprint density at radius 3 is 1.07 bits per heavy atom. The maximum absolute atomic E-state index is 12.9. The van der Waals surface area contributed by atoms with Gasteiger partial charge in [0.05, 0.1) is 13.2 Å². The summed E-state index contributed by atoms with van der Waals surface area (Å²) in [6.07, 6.45) is 47.9.